The van der Waals surface area contributed by atoms with E-state index in [0.29, 0.717) is 0 Å². The van der Waals surface area contributed by atoms with Gasteiger partial charge < -0.3 is 4.90 Å². The van der Waals surface area contributed by atoms with Crippen molar-refractivity contribution in [3.8, 4) is 22.3 Å². The Balaban J connectivity index is 1.13. The summed E-state index contributed by atoms with van der Waals surface area (Å²) in [6.07, 6.45) is 0. The summed E-state index contributed by atoms with van der Waals surface area (Å²) in [6.45, 7) is 0. The van der Waals surface area contributed by atoms with Gasteiger partial charge in [-0.15, -0.1) is 11.3 Å². The zero-order chi connectivity index (χ0) is 33.0. The Labute approximate surface area is 294 Å². The van der Waals surface area contributed by atoms with Crippen molar-refractivity contribution in [3.63, 3.8) is 0 Å². The van der Waals surface area contributed by atoms with E-state index in [2.05, 4.69) is 193 Å². The molecule has 0 aliphatic rings. The second kappa shape index (κ2) is 11.7. The van der Waals surface area contributed by atoms with Crippen LogP contribution >= 0.6 is 11.3 Å². The maximum absolute atomic E-state index is 2.43. The minimum atomic E-state index is 1.12. The average Bonchev–Trinajstić information content (AvgIpc) is 3.56. The molecule has 0 N–H and O–H groups in total. The van der Waals surface area contributed by atoms with Gasteiger partial charge in [0.2, 0.25) is 0 Å². The number of hydrogen-bond acceptors (Lipinski definition) is 2. The van der Waals surface area contributed by atoms with E-state index in [1.807, 2.05) is 11.3 Å². The smallest absolute Gasteiger partial charge is 0.0546 e. The predicted octanol–water partition coefficient (Wildman–Crippen LogP) is 14.3. The Morgan fingerprint density at radius 1 is 0.300 bits per heavy atom. The molecule has 0 fully saturated rings. The number of nitrogens with zero attached hydrogens (tertiary/aromatic N) is 1. The standard InChI is InChI=1S/C48H31NS/c1-2-11-34-28-36(21-20-32(34)10-1)35-13-9-14-40(29-35)49(46-30-38-12-3-4-15-41(38)42-16-5-6-17-43(42)46)39-25-22-33(23-26-39)37-24-27-45-44-18-7-8-19-47(44)50-48(45)31-37/h1-31H. The summed E-state index contributed by atoms with van der Waals surface area (Å²) >= 11 is 1.87. The summed E-state index contributed by atoms with van der Waals surface area (Å²) in [5, 5.41) is 10.1. The van der Waals surface area contributed by atoms with Crippen LogP contribution in [0.2, 0.25) is 0 Å². The molecule has 0 amide bonds. The van der Waals surface area contributed by atoms with Crippen LogP contribution in [0.1, 0.15) is 0 Å². The lowest BCUT2D eigenvalue weighted by atomic mass is 9.97. The van der Waals surface area contributed by atoms with Gasteiger partial charge in [0.25, 0.3) is 0 Å². The van der Waals surface area contributed by atoms with Gasteiger partial charge in [-0.2, -0.15) is 0 Å². The van der Waals surface area contributed by atoms with Gasteiger partial charge in [-0.25, -0.2) is 0 Å². The van der Waals surface area contributed by atoms with E-state index in [9.17, 15) is 0 Å². The minimum Gasteiger partial charge on any atom is -0.310 e. The highest BCUT2D eigenvalue weighted by molar-refractivity contribution is 7.25. The minimum absolute atomic E-state index is 1.12. The second-order valence-corrected chi connectivity index (χ2v) is 14.0. The van der Waals surface area contributed by atoms with Crippen LogP contribution in [0.3, 0.4) is 0 Å². The molecule has 0 saturated carbocycles. The topological polar surface area (TPSA) is 3.24 Å². The van der Waals surface area contributed by atoms with Gasteiger partial charge in [0.05, 0.1) is 5.69 Å². The van der Waals surface area contributed by atoms with Crippen molar-refractivity contribution in [2.75, 3.05) is 4.90 Å². The van der Waals surface area contributed by atoms with Crippen molar-refractivity contribution < 1.29 is 0 Å². The fourth-order valence-electron chi connectivity index (χ4n) is 7.55. The van der Waals surface area contributed by atoms with E-state index in [1.54, 1.807) is 0 Å². The van der Waals surface area contributed by atoms with Gasteiger partial charge in [-0.3, -0.25) is 0 Å². The van der Waals surface area contributed by atoms with Crippen LogP contribution in [0.4, 0.5) is 17.1 Å². The number of thiophene rings is 1. The Morgan fingerprint density at radius 3 is 1.78 bits per heavy atom. The highest BCUT2D eigenvalue weighted by atomic mass is 32.1. The third-order valence-electron chi connectivity index (χ3n) is 10.0. The van der Waals surface area contributed by atoms with Gasteiger partial charge in [0.1, 0.15) is 0 Å². The first-order chi connectivity index (χ1) is 24.8. The molecule has 9 aromatic carbocycles. The summed E-state index contributed by atoms with van der Waals surface area (Å²) in [4.78, 5) is 2.43. The lowest BCUT2D eigenvalue weighted by Gasteiger charge is -2.28. The normalized spacial score (nSPS) is 11.6. The predicted molar refractivity (Wildman–Crippen MR) is 217 cm³/mol. The van der Waals surface area contributed by atoms with Crippen molar-refractivity contribution >= 4 is 80.9 Å². The molecule has 0 unspecified atom stereocenters. The Bertz CT molecular complexity index is 2880. The van der Waals surface area contributed by atoms with Gasteiger partial charge in [0.15, 0.2) is 0 Å². The van der Waals surface area contributed by atoms with Gasteiger partial charge in [0, 0.05) is 36.9 Å². The third kappa shape index (κ3) is 4.84. The van der Waals surface area contributed by atoms with Crippen molar-refractivity contribution in [1.29, 1.82) is 0 Å². The molecule has 10 rings (SSSR count). The summed E-state index contributed by atoms with van der Waals surface area (Å²) in [7, 11) is 0. The molecule has 1 aromatic heterocycles. The van der Waals surface area contributed by atoms with Gasteiger partial charge in [-0.05, 0) is 97.7 Å². The van der Waals surface area contributed by atoms with E-state index in [-0.39, 0.29) is 0 Å². The number of fused-ring (bicyclic) bond motifs is 7. The Morgan fingerprint density at radius 2 is 0.920 bits per heavy atom. The first-order valence-electron chi connectivity index (χ1n) is 17.1. The molecular formula is C48H31NS. The van der Waals surface area contributed by atoms with Gasteiger partial charge >= 0.3 is 0 Å². The molecule has 2 heteroatoms. The molecule has 0 radical (unpaired) electrons. The van der Waals surface area contributed by atoms with Crippen LogP contribution in [0.25, 0.3) is 74.7 Å². The molecule has 0 aliphatic heterocycles. The monoisotopic (exact) mass is 653 g/mol. The van der Waals surface area contributed by atoms with Gasteiger partial charge in [-0.1, -0.05) is 140 Å². The molecular weight excluding hydrogens is 623 g/mol. The molecule has 0 saturated heterocycles. The molecule has 234 valence electrons. The molecule has 1 heterocycles. The lowest BCUT2D eigenvalue weighted by molar-refractivity contribution is 1.30. The summed E-state index contributed by atoms with van der Waals surface area (Å²) < 4.78 is 2.65. The lowest BCUT2D eigenvalue weighted by Crippen LogP contribution is -2.10. The molecule has 0 aliphatic carbocycles. The van der Waals surface area contributed by atoms with E-state index < -0.39 is 0 Å². The first-order valence-corrected chi connectivity index (χ1v) is 17.9. The molecule has 0 atom stereocenters. The largest absolute Gasteiger partial charge is 0.310 e. The Hall–Kier alpha value is -6.22. The van der Waals surface area contributed by atoms with Crippen LogP contribution in [0.15, 0.2) is 188 Å². The summed E-state index contributed by atoms with van der Waals surface area (Å²) in [5.41, 5.74) is 8.24. The van der Waals surface area contributed by atoms with Crippen LogP contribution in [-0.2, 0) is 0 Å². The summed E-state index contributed by atoms with van der Waals surface area (Å²) in [6, 6.07) is 68.8. The zero-order valence-corrected chi connectivity index (χ0v) is 28.1. The fourth-order valence-corrected chi connectivity index (χ4v) is 8.69. The number of hydrogen-bond donors (Lipinski definition) is 0. The van der Waals surface area contributed by atoms with E-state index in [4.69, 9.17) is 0 Å². The van der Waals surface area contributed by atoms with Crippen molar-refractivity contribution in [2.24, 2.45) is 0 Å². The number of rotatable bonds is 5. The second-order valence-electron chi connectivity index (χ2n) is 13.0. The van der Waals surface area contributed by atoms with Crippen molar-refractivity contribution in [2.45, 2.75) is 0 Å². The third-order valence-corrected chi connectivity index (χ3v) is 11.1. The van der Waals surface area contributed by atoms with E-state index in [1.165, 1.54) is 74.7 Å². The van der Waals surface area contributed by atoms with Crippen molar-refractivity contribution in [3.05, 3.63) is 188 Å². The average molecular weight is 654 g/mol. The molecule has 10 aromatic rings. The Kier molecular flexibility index (Phi) is 6.75. The zero-order valence-electron chi connectivity index (χ0n) is 27.3. The molecule has 0 bridgehead atoms. The van der Waals surface area contributed by atoms with E-state index >= 15 is 0 Å². The number of anilines is 3. The quantitative estimate of drug-likeness (QED) is 0.167. The number of benzene rings is 9. The highest BCUT2D eigenvalue weighted by Crippen LogP contribution is 2.44. The molecule has 50 heavy (non-hydrogen) atoms. The maximum atomic E-state index is 2.43. The van der Waals surface area contributed by atoms with Crippen molar-refractivity contribution in [1.82, 2.24) is 0 Å². The van der Waals surface area contributed by atoms with Crippen LogP contribution < -0.4 is 4.90 Å². The van der Waals surface area contributed by atoms with Crippen LogP contribution in [0.5, 0.6) is 0 Å². The van der Waals surface area contributed by atoms with Crippen LogP contribution in [-0.4, -0.2) is 0 Å². The highest BCUT2D eigenvalue weighted by Gasteiger charge is 2.18. The SMILES string of the molecule is c1cc(-c2ccc3ccccc3c2)cc(N(c2ccc(-c3ccc4c(c3)sc3ccccc34)cc2)c2cc3ccccc3c3ccccc23)c1. The molecule has 1 nitrogen and oxygen atoms in total. The summed E-state index contributed by atoms with van der Waals surface area (Å²) in [5.74, 6) is 0. The molecule has 0 spiro atoms. The first kappa shape index (κ1) is 28.8. The van der Waals surface area contributed by atoms with E-state index in [0.717, 1.165) is 17.1 Å². The van der Waals surface area contributed by atoms with Crippen LogP contribution in [0, 0.1) is 0 Å². The maximum Gasteiger partial charge on any atom is 0.0546 e. The fraction of sp³-hybridized carbons (Fsp3) is 0.